The van der Waals surface area contributed by atoms with Crippen LogP contribution in [0, 0.1) is 5.92 Å². The maximum atomic E-state index is 13.0. The number of aromatic nitrogens is 2. The molecule has 1 fully saturated rings. The number of amides is 2. The molecule has 6 rings (SSSR count). The van der Waals surface area contributed by atoms with Gasteiger partial charge in [-0.05, 0) is 65.9 Å². The number of fused-ring (bicyclic) bond motifs is 2. The molecule has 2 amide bonds. The molecule has 0 radical (unpaired) electrons. The predicted octanol–water partition coefficient (Wildman–Crippen LogP) is 5.73. The van der Waals surface area contributed by atoms with Crippen molar-refractivity contribution in [2.24, 2.45) is 5.92 Å². The van der Waals surface area contributed by atoms with E-state index in [0.29, 0.717) is 17.2 Å². The molecule has 2 aromatic heterocycles. The molecule has 0 saturated heterocycles. The second kappa shape index (κ2) is 9.13. The zero-order chi connectivity index (χ0) is 24.6. The highest BCUT2D eigenvalue weighted by Crippen LogP contribution is 2.34. The third kappa shape index (κ3) is 4.43. The monoisotopic (exact) mass is 496 g/mol. The Morgan fingerprint density at radius 2 is 1.83 bits per heavy atom. The van der Waals surface area contributed by atoms with Crippen LogP contribution in [0.3, 0.4) is 0 Å². The molecule has 2 heterocycles. The van der Waals surface area contributed by atoms with E-state index in [1.165, 1.54) is 11.3 Å². The molecular formula is C28H24N4O3S. The summed E-state index contributed by atoms with van der Waals surface area (Å²) in [6.45, 7) is 0.427. The van der Waals surface area contributed by atoms with E-state index in [1.54, 1.807) is 13.3 Å². The topological polar surface area (TPSA) is 96.1 Å². The summed E-state index contributed by atoms with van der Waals surface area (Å²) in [5.41, 5.74) is 5.39. The van der Waals surface area contributed by atoms with Crippen LogP contribution in [0.5, 0.6) is 5.75 Å². The molecule has 8 heteroatoms. The van der Waals surface area contributed by atoms with Gasteiger partial charge in [-0.2, -0.15) is 0 Å². The summed E-state index contributed by atoms with van der Waals surface area (Å²) >= 11 is 1.48. The number of anilines is 1. The molecule has 0 atom stereocenters. The van der Waals surface area contributed by atoms with E-state index in [1.807, 2.05) is 54.6 Å². The summed E-state index contributed by atoms with van der Waals surface area (Å²) in [7, 11) is 1.63. The van der Waals surface area contributed by atoms with E-state index in [9.17, 15) is 9.59 Å². The van der Waals surface area contributed by atoms with Crippen molar-refractivity contribution in [2.75, 3.05) is 12.4 Å². The van der Waals surface area contributed by atoms with E-state index in [2.05, 4.69) is 26.7 Å². The number of hydrogen-bond donors (Lipinski definition) is 3. The number of carbonyl (C=O) groups is 2. The quantitative estimate of drug-likeness (QED) is 0.268. The Labute approximate surface area is 211 Å². The Morgan fingerprint density at radius 1 is 1.06 bits per heavy atom. The van der Waals surface area contributed by atoms with Crippen molar-refractivity contribution in [2.45, 2.75) is 19.4 Å². The van der Waals surface area contributed by atoms with Gasteiger partial charge in [-0.25, -0.2) is 4.98 Å². The predicted molar refractivity (Wildman–Crippen MR) is 142 cm³/mol. The number of H-pyrrole nitrogens is 1. The van der Waals surface area contributed by atoms with Gasteiger partial charge in [0.15, 0.2) is 5.13 Å². The van der Waals surface area contributed by atoms with E-state index in [4.69, 9.17) is 4.74 Å². The number of aromatic amines is 1. The second-order valence-corrected chi connectivity index (χ2v) is 9.99. The fourth-order valence-electron chi connectivity index (χ4n) is 4.22. The van der Waals surface area contributed by atoms with E-state index < -0.39 is 0 Å². The normalized spacial score (nSPS) is 13.1. The zero-order valence-corrected chi connectivity index (χ0v) is 20.4. The van der Waals surface area contributed by atoms with Crippen LogP contribution in [0.25, 0.3) is 32.2 Å². The molecule has 5 aromatic rings. The number of benzene rings is 3. The SMILES string of the molecule is COc1ccc(CNC(=O)c2c[nH]c3ccc(-c4ccc5nc(NC(=O)C6CC6)sc5c4)cc23)cc1. The molecular weight excluding hydrogens is 472 g/mol. The molecule has 0 bridgehead atoms. The van der Waals surface area contributed by atoms with Crippen molar-refractivity contribution in [3.8, 4) is 16.9 Å². The highest BCUT2D eigenvalue weighted by molar-refractivity contribution is 7.22. The van der Waals surface area contributed by atoms with Gasteiger partial charge in [0, 0.05) is 29.6 Å². The summed E-state index contributed by atoms with van der Waals surface area (Å²) in [5, 5.41) is 7.44. The van der Waals surface area contributed by atoms with Crippen LogP contribution in [0.15, 0.2) is 66.9 Å². The second-order valence-electron chi connectivity index (χ2n) is 8.96. The summed E-state index contributed by atoms with van der Waals surface area (Å²) in [6, 6.07) is 19.8. The first-order valence-corrected chi connectivity index (χ1v) is 12.6. The van der Waals surface area contributed by atoms with Crippen LogP contribution in [-0.2, 0) is 11.3 Å². The summed E-state index contributed by atoms with van der Waals surface area (Å²) in [5.74, 6) is 0.849. The summed E-state index contributed by atoms with van der Waals surface area (Å²) in [6.07, 6.45) is 3.67. The molecule has 1 aliphatic rings. The van der Waals surface area contributed by atoms with Crippen LogP contribution >= 0.6 is 11.3 Å². The highest BCUT2D eigenvalue weighted by Gasteiger charge is 2.30. The number of nitrogens with one attached hydrogen (secondary N) is 3. The Morgan fingerprint density at radius 3 is 2.61 bits per heavy atom. The van der Waals surface area contributed by atoms with Crippen LogP contribution < -0.4 is 15.4 Å². The van der Waals surface area contributed by atoms with Gasteiger partial charge in [-0.3, -0.25) is 9.59 Å². The molecule has 3 N–H and O–H groups in total. The van der Waals surface area contributed by atoms with Crippen molar-refractivity contribution < 1.29 is 14.3 Å². The number of carbonyl (C=O) groups excluding carboxylic acids is 2. The Bertz CT molecular complexity index is 1600. The van der Waals surface area contributed by atoms with Gasteiger partial charge in [0.2, 0.25) is 5.91 Å². The number of methoxy groups -OCH3 is 1. The Balaban J connectivity index is 1.23. The number of thiazole rings is 1. The van der Waals surface area contributed by atoms with Gasteiger partial charge in [-0.15, -0.1) is 0 Å². The zero-order valence-electron chi connectivity index (χ0n) is 19.6. The first-order chi connectivity index (χ1) is 17.6. The standard InChI is InChI=1S/C28H24N4O3S/c1-35-20-8-2-16(3-9-20)14-30-27(34)22-15-29-23-10-6-18(12-21(22)23)19-7-11-24-25(13-19)36-28(31-24)32-26(33)17-4-5-17/h2-3,6-13,15,17,29H,4-5,14H2,1H3,(H,30,34)(H,31,32,33). The molecule has 180 valence electrons. The van der Waals surface area contributed by atoms with E-state index in [-0.39, 0.29) is 17.7 Å². The van der Waals surface area contributed by atoms with Gasteiger partial charge >= 0.3 is 0 Å². The van der Waals surface area contributed by atoms with E-state index in [0.717, 1.165) is 56.4 Å². The lowest BCUT2D eigenvalue weighted by molar-refractivity contribution is -0.117. The Hall–Kier alpha value is -4.17. The van der Waals surface area contributed by atoms with Crippen LogP contribution in [0.4, 0.5) is 5.13 Å². The number of ether oxygens (including phenoxy) is 1. The minimum absolute atomic E-state index is 0.0602. The lowest BCUT2D eigenvalue weighted by Crippen LogP contribution is -2.22. The van der Waals surface area contributed by atoms with Gasteiger partial charge < -0.3 is 20.4 Å². The van der Waals surface area contributed by atoms with Gasteiger partial charge in [0.25, 0.3) is 5.91 Å². The minimum atomic E-state index is -0.136. The number of hydrogen-bond acceptors (Lipinski definition) is 5. The van der Waals surface area contributed by atoms with Crippen LogP contribution in [-0.4, -0.2) is 28.9 Å². The van der Waals surface area contributed by atoms with Crippen molar-refractivity contribution >= 4 is 49.4 Å². The molecule has 0 unspecified atom stereocenters. The van der Waals surface area contributed by atoms with Gasteiger partial charge in [0.05, 0.1) is 22.9 Å². The fourth-order valence-corrected chi connectivity index (χ4v) is 5.13. The van der Waals surface area contributed by atoms with Crippen molar-refractivity contribution in [1.82, 2.24) is 15.3 Å². The molecule has 36 heavy (non-hydrogen) atoms. The third-order valence-electron chi connectivity index (χ3n) is 6.44. The smallest absolute Gasteiger partial charge is 0.253 e. The van der Waals surface area contributed by atoms with Crippen molar-refractivity contribution in [3.63, 3.8) is 0 Å². The number of rotatable bonds is 7. The molecule has 0 aliphatic heterocycles. The lowest BCUT2D eigenvalue weighted by atomic mass is 10.0. The lowest BCUT2D eigenvalue weighted by Gasteiger charge is -2.07. The molecule has 7 nitrogen and oxygen atoms in total. The highest BCUT2D eigenvalue weighted by atomic mass is 32.1. The maximum Gasteiger partial charge on any atom is 0.253 e. The number of nitrogens with zero attached hydrogens (tertiary/aromatic N) is 1. The largest absolute Gasteiger partial charge is 0.497 e. The van der Waals surface area contributed by atoms with Gasteiger partial charge in [-0.1, -0.05) is 35.6 Å². The summed E-state index contributed by atoms with van der Waals surface area (Å²) in [4.78, 5) is 32.8. The molecule has 0 spiro atoms. The van der Waals surface area contributed by atoms with Gasteiger partial charge in [0.1, 0.15) is 5.75 Å². The fraction of sp³-hybridized carbons (Fsp3) is 0.179. The molecule has 1 aliphatic carbocycles. The minimum Gasteiger partial charge on any atom is -0.497 e. The first kappa shape index (κ1) is 22.3. The molecule has 3 aromatic carbocycles. The van der Waals surface area contributed by atoms with Crippen molar-refractivity contribution in [3.05, 3.63) is 78.0 Å². The van der Waals surface area contributed by atoms with Crippen LogP contribution in [0.2, 0.25) is 0 Å². The average Bonchev–Trinajstić information content (AvgIpc) is 3.55. The molecule has 1 saturated carbocycles. The van der Waals surface area contributed by atoms with E-state index >= 15 is 0 Å². The third-order valence-corrected chi connectivity index (χ3v) is 7.37. The van der Waals surface area contributed by atoms with Crippen molar-refractivity contribution in [1.29, 1.82) is 0 Å². The Kier molecular flexibility index (Phi) is 5.65. The van der Waals surface area contributed by atoms with Crippen LogP contribution in [0.1, 0.15) is 28.8 Å². The maximum absolute atomic E-state index is 13.0. The summed E-state index contributed by atoms with van der Waals surface area (Å²) < 4.78 is 6.19. The first-order valence-electron chi connectivity index (χ1n) is 11.8. The average molecular weight is 497 g/mol.